The second kappa shape index (κ2) is 3.76. The van der Waals surface area contributed by atoms with Crippen molar-refractivity contribution in [2.75, 3.05) is 0 Å². The molecule has 12 heavy (non-hydrogen) atoms. The lowest BCUT2D eigenvalue weighted by Gasteiger charge is -2.23. The second-order valence-electron chi connectivity index (χ2n) is 2.79. The molecule has 0 N–H and O–H groups in total. The van der Waals surface area contributed by atoms with Crippen LogP contribution in [-0.4, -0.2) is 11.1 Å². The highest BCUT2D eigenvalue weighted by Crippen LogP contribution is 2.40. The Kier molecular flexibility index (Phi) is 2.93. The summed E-state index contributed by atoms with van der Waals surface area (Å²) in [4.78, 5) is 5.52. The summed E-state index contributed by atoms with van der Waals surface area (Å²) in [5.74, 6) is 0. The highest BCUT2D eigenvalue weighted by atomic mass is 32.2. The molecule has 0 aromatic carbocycles. The monoisotopic (exact) mass is 179 g/mol. The number of aliphatic imine (C=N–C) groups is 1. The molecule has 0 radical (unpaired) electrons. The molecule has 1 aliphatic heterocycles. The first-order valence-corrected chi connectivity index (χ1v) is 4.74. The predicted octanol–water partition coefficient (Wildman–Crippen LogP) is 3.17. The zero-order valence-corrected chi connectivity index (χ0v) is 7.94. The zero-order valence-electron chi connectivity index (χ0n) is 7.12. The van der Waals surface area contributed by atoms with E-state index in [-0.39, 0.29) is 5.54 Å². The minimum atomic E-state index is -0.145. The van der Waals surface area contributed by atoms with Gasteiger partial charge in [-0.3, -0.25) is 4.99 Å². The molecule has 0 amide bonds. The average molecular weight is 179 g/mol. The number of thioether (sulfide) groups is 1. The van der Waals surface area contributed by atoms with E-state index in [9.17, 15) is 0 Å². The van der Waals surface area contributed by atoms with E-state index < -0.39 is 0 Å². The first-order chi connectivity index (χ1) is 5.75. The van der Waals surface area contributed by atoms with Gasteiger partial charge in [-0.2, -0.15) is 0 Å². The standard InChI is InChI=1S/C10H13NS/c1-4-6-10(7-5-2)9(3)12-8-11-10/h4-5,8H,1-3,6-7H2. The Morgan fingerprint density at radius 3 is 2.33 bits per heavy atom. The van der Waals surface area contributed by atoms with Crippen LogP contribution in [0.3, 0.4) is 0 Å². The highest BCUT2D eigenvalue weighted by molar-refractivity contribution is 8.15. The smallest absolute Gasteiger partial charge is 0.0986 e. The summed E-state index contributed by atoms with van der Waals surface area (Å²) in [6.45, 7) is 11.4. The lowest BCUT2D eigenvalue weighted by atomic mass is 9.92. The first-order valence-electron chi connectivity index (χ1n) is 3.87. The van der Waals surface area contributed by atoms with Gasteiger partial charge in [-0.15, -0.1) is 13.2 Å². The van der Waals surface area contributed by atoms with Gasteiger partial charge in [0.25, 0.3) is 0 Å². The largest absolute Gasteiger partial charge is 0.273 e. The summed E-state index contributed by atoms with van der Waals surface area (Å²) in [7, 11) is 0. The lowest BCUT2D eigenvalue weighted by molar-refractivity contribution is 0.548. The van der Waals surface area contributed by atoms with E-state index in [0.29, 0.717) is 0 Å². The summed E-state index contributed by atoms with van der Waals surface area (Å²) in [6.07, 6.45) is 5.47. The van der Waals surface area contributed by atoms with Crippen molar-refractivity contribution in [2.24, 2.45) is 4.99 Å². The molecular weight excluding hydrogens is 166 g/mol. The van der Waals surface area contributed by atoms with Crippen LogP contribution in [0.4, 0.5) is 0 Å². The van der Waals surface area contributed by atoms with Gasteiger partial charge in [-0.05, 0) is 12.8 Å². The molecule has 1 rings (SSSR count). The van der Waals surface area contributed by atoms with Crippen LogP contribution in [-0.2, 0) is 0 Å². The summed E-state index contributed by atoms with van der Waals surface area (Å²) in [5.41, 5.74) is 1.71. The van der Waals surface area contributed by atoms with Gasteiger partial charge < -0.3 is 0 Å². The van der Waals surface area contributed by atoms with E-state index in [0.717, 1.165) is 17.7 Å². The van der Waals surface area contributed by atoms with Crippen LogP contribution < -0.4 is 0 Å². The average Bonchev–Trinajstić information content (AvgIpc) is 2.35. The van der Waals surface area contributed by atoms with Crippen molar-refractivity contribution in [3.63, 3.8) is 0 Å². The second-order valence-corrected chi connectivity index (χ2v) is 3.73. The van der Waals surface area contributed by atoms with Gasteiger partial charge in [-0.1, -0.05) is 30.5 Å². The fourth-order valence-electron chi connectivity index (χ4n) is 1.27. The molecule has 1 nitrogen and oxygen atoms in total. The zero-order chi connectivity index (χ0) is 9.03. The molecule has 0 spiro atoms. The Morgan fingerprint density at radius 1 is 1.42 bits per heavy atom. The van der Waals surface area contributed by atoms with E-state index >= 15 is 0 Å². The van der Waals surface area contributed by atoms with Crippen LogP contribution in [0, 0.1) is 0 Å². The summed E-state index contributed by atoms with van der Waals surface area (Å²) < 4.78 is 0. The maximum absolute atomic E-state index is 4.42. The third kappa shape index (κ3) is 1.53. The SMILES string of the molecule is C=CCC1(CC=C)N=CSC1=C. The molecule has 1 heterocycles. The first kappa shape index (κ1) is 9.33. The van der Waals surface area contributed by atoms with E-state index in [1.165, 1.54) is 0 Å². The van der Waals surface area contributed by atoms with E-state index in [2.05, 4.69) is 24.7 Å². The van der Waals surface area contributed by atoms with Gasteiger partial charge in [0.1, 0.15) is 0 Å². The van der Waals surface area contributed by atoms with Crippen molar-refractivity contribution in [1.29, 1.82) is 0 Å². The highest BCUT2D eigenvalue weighted by Gasteiger charge is 2.33. The van der Waals surface area contributed by atoms with Crippen molar-refractivity contribution in [2.45, 2.75) is 18.4 Å². The molecule has 0 saturated carbocycles. The molecule has 0 aliphatic carbocycles. The van der Waals surface area contributed by atoms with E-state index in [4.69, 9.17) is 0 Å². The van der Waals surface area contributed by atoms with Crippen LogP contribution in [0.1, 0.15) is 12.8 Å². The Morgan fingerprint density at radius 2 is 2.00 bits per heavy atom. The van der Waals surface area contributed by atoms with Gasteiger partial charge in [-0.25, -0.2) is 0 Å². The van der Waals surface area contributed by atoms with Crippen LogP contribution in [0.2, 0.25) is 0 Å². The van der Waals surface area contributed by atoms with E-state index in [1.54, 1.807) is 11.8 Å². The lowest BCUT2D eigenvalue weighted by Crippen LogP contribution is -2.22. The third-order valence-electron chi connectivity index (χ3n) is 1.98. The van der Waals surface area contributed by atoms with Crippen molar-refractivity contribution >= 4 is 17.3 Å². The van der Waals surface area contributed by atoms with Crippen LogP contribution >= 0.6 is 11.8 Å². The molecule has 1 aliphatic rings. The van der Waals surface area contributed by atoms with Gasteiger partial charge in [0.15, 0.2) is 0 Å². The summed E-state index contributed by atoms with van der Waals surface area (Å²) in [6, 6.07) is 0. The maximum Gasteiger partial charge on any atom is 0.0986 e. The number of nitrogens with zero attached hydrogens (tertiary/aromatic N) is 1. The fraction of sp³-hybridized carbons (Fsp3) is 0.300. The molecule has 0 aromatic rings. The predicted molar refractivity (Wildman–Crippen MR) is 57.6 cm³/mol. The topological polar surface area (TPSA) is 12.4 Å². The molecular formula is C10H13NS. The third-order valence-corrected chi connectivity index (χ3v) is 2.85. The molecule has 0 atom stereocenters. The maximum atomic E-state index is 4.42. The minimum absolute atomic E-state index is 0.145. The van der Waals surface area contributed by atoms with Crippen LogP contribution in [0.25, 0.3) is 0 Å². The number of hydrogen-bond donors (Lipinski definition) is 0. The van der Waals surface area contributed by atoms with Crippen molar-refractivity contribution < 1.29 is 0 Å². The molecule has 0 unspecified atom stereocenters. The van der Waals surface area contributed by atoms with Crippen molar-refractivity contribution in [3.05, 3.63) is 36.8 Å². The minimum Gasteiger partial charge on any atom is -0.273 e. The molecule has 0 saturated heterocycles. The molecule has 0 fully saturated rings. The molecule has 2 heteroatoms. The Hall–Kier alpha value is -0.760. The van der Waals surface area contributed by atoms with Crippen LogP contribution in [0.5, 0.6) is 0 Å². The van der Waals surface area contributed by atoms with Crippen molar-refractivity contribution in [3.8, 4) is 0 Å². The Labute approximate surface area is 78.0 Å². The molecule has 0 bridgehead atoms. The Balaban J connectivity index is 2.83. The van der Waals surface area contributed by atoms with E-state index in [1.807, 2.05) is 17.7 Å². The van der Waals surface area contributed by atoms with Crippen LogP contribution in [0.15, 0.2) is 41.8 Å². The Bertz CT molecular complexity index is 230. The molecule has 0 aromatic heterocycles. The summed E-state index contributed by atoms with van der Waals surface area (Å²) in [5, 5.41) is 0. The molecule has 64 valence electrons. The van der Waals surface area contributed by atoms with Crippen molar-refractivity contribution in [1.82, 2.24) is 0 Å². The van der Waals surface area contributed by atoms with Gasteiger partial charge in [0, 0.05) is 4.91 Å². The quantitative estimate of drug-likeness (QED) is 0.604. The normalized spacial score (nSPS) is 19.5. The van der Waals surface area contributed by atoms with Gasteiger partial charge in [0.05, 0.1) is 11.1 Å². The summed E-state index contributed by atoms with van der Waals surface area (Å²) >= 11 is 1.60. The number of hydrogen-bond acceptors (Lipinski definition) is 2. The fourth-order valence-corrected chi connectivity index (χ4v) is 2.09. The van der Waals surface area contributed by atoms with Gasteiger partial charge >= 0.3 is 0 Å². The number of rotatable bonds is 4. The van der Waals surface area contributed by atoms with Gasteiger partial charge in [0.2, 0.25) is 0 Å².